The zero-order chi connectivity index (χ0) is 28.2. The first-order valence-corrected chi connectivity index (χ1v) is 12.0. The third kappa shape index (κ3) is 4.04. The van der Waals surface area contributed by atoms with Crippen molar-refractivity contribution in [3.63, 3.8) is 0 Å². The van der Waals surface area contributed by atoms with Gasteiger partial charge in [-0.15, -0.1) is 0 Å². The first-order valence-electron chi connectivity index (χ1n) is 12.0. The van der Waals surface area contributed by atoms with Crippen molar-refractivity contribution in [3.05, 3.63) is 71.1 Å². The standard InChI is InChI=1S/C27H28F5N3O3/c1-7-26(8-2)17-12-18(28)22(27(30,31)32)23(29)21(17)19-11-16(37-6)9-10-35(19)20(26)13-38-25(36)24-15(3)33(4)14-34(24)5/h9-14H,7-8H2,1-6H3/q+2. The molecule has 0 radical (unpaired) electrons. The van der Waals surface area contributed by atoms with Crippen molar-refractivity contribution in [2.24, 2.45) is 14.1 Å². The Hall–Kier alpha value is -3.76. The maximum atomic E-state index is 15.7. The minimum Gasteiger partial charge on any atom is -0.496 e. The second kappa shape index (κ2) is 9.52. The normalized spacial score (nSPS) is 15.3. The second-order valence-electron chi connectivity index (χ2n) is 9.26. The number of aromatic nitrogens is 3. The van der Waals surface area contributed by atoms with Gasteiger partial charge in [-0.1, -0.05) is 13.8 Å². The number of methoxy groups -OCH3 is 1. The maximum absolute atomic E-state index is 15.7. The van der Waals surface area contributed by atoms with Crippen LogP contribution in [0.5, 0.6) is 5.75 Å². The summed E-state index contributed by atoms with van der Waals surface area (Å²) >= 11 is 0. The Kier molecular flexibility index (Phi) is 6.83. The summed E-state index contributed by atoms with van der Waals surface area (Å²) in [5, 5.41) is 0. The second-order valence-corrected chi connectivity index (χ2v) is 9.26. The number of nitrogens with zero attached hydrogens (tertiary/aromatic N) is 3. The lowest BCUT2D eigenvalue weighted by Gasteiger charge is -2.36. The van der Waals surface area contributed by atoms with Crippen molar-refractivity contribution in [2.75, 3.05) is 7.11 Å². The largest absolute Gasteiger partial charge is 0.496 e. The maximum Gasteiger partial charge on any atom is 0.422 e. The first-order chi connectivity index (χ1) is 17.8. The minimum absolute atomic E-state index is 0.00335. The summed E-state index contributed by atoms with van der Waals surface area (Å²) < 4.78 is 87.3. The number of carbonyl (C=O) groups excluding carboxylic acids is 1. The van der Waals surface area contributed by atoms with Gasteiger partial charge >= 0.3 is 12.1 Å². The number of ether oxygens (including phenoxy) is 2. The highest BCUT2D eigenvalue weighted by Crippen LogP contribution is 2.50. The number of hydrogen-bond acceptors (Lipinski definition) is 3. The van der Waals surface area contributed by atoms with E-state index in [1.807, 2.05) is 0 Å². The summed E-state index contributed by atoms with van der Waals surface area (Å²) in [4.78, 5) is 13.1. The molecule has 1 aromatic carbocycles. The molecule has 0 spiro atoms. The highest BCUT2D eigenvalue weighted by molar-refractivity contribution is 5.88. The van der Waals surface area contributed by atoms with Crippen LogP contribution in [0.3, 0.4) is 0 Å². The van der Waals surface area contributed by atoms with Gasteiger partial charge in [-0.05, 0) is 24.5 Å². The van der Waals surface area contributed by atoms with Crippen LogP contribution in [-0.4, -0.2) is 17.6 Å². The van der Waals surface area contributed by atoms with E-state index >= 15 is 4.39 Å². The number of pyridine rings is 1. The Labute approximate surface area is 216 Å². The summed E-state index contributed by atoms with van der Waals surface area (Å²) in [5.41, 5.74) is -2.19. The van der Waals surface area contributed by atoms with Gasteiger partial charge in [-0.2, -0.15) is 17.7 Å². The van der Waals surface area contributed by atoms with E-state index in [1.165, 1.54) is 30.2 Å². The number of aryl methyl sites for hydroxylation is 2. The summed E-state index contributed by atoms with van der Waals surface area (Å²) in [6, 6.07) is 3.66. The number of halogens is 5. The van der Waals surface area contributed by atoms with Crippen LogP contribution in [0.2, 0.25) is 0 Å². The lowest BCUT2D eigenvalue weighted by atomic mass is 9.68. The molecule has 6 nitrogen and oxygen atoms in total. The lowest BCUT2D eigenvalue weighted by Crippen LogP contribution is -2.50. The molecule has 0 bridgehead atoms. The summed E-state index contributed by atoms with van der Waals surface area (Å²) in [6.45, 7) is 5.27. The Bertz CT molecular complexity index is 1470. The monoisotopic (exact) mass is 537 g/mol. The van der Waals surface area contributed by atoms with Gasteiger partial charge in [0, 0.05) is 13.0 Å². The van der Waals surface area contributed by atoms with Gasteiger partial charge < -0.3 is 9.47 Å². The molecule has 0 N–H and O–H groups in total. The van der Waals surface area contributed by atoms with E-state index in [2.05, 4.69) is 0 Å². The summed E-state index contributed by atoms with van der Waals surface area (Å²) in [5.74, 6) is -3.82. The Morgan fingerprint density at radius 2 is 1.84 bits per heavy atom. The van der Waals surface area contributed by atoms with Crippen molar-refractivity contribution in [1.82, 2.24) is 4.57 Å². The number of hydrogen-bond donors (Lipinski definition) is 0. The van der Waals surface area contributed by atoms with Crippen molar-refractivity contribution < 1.29 is 45.4 Å². The third-order valence-electron chi connectivity index (χ3n) is 7.43. The molecule has 3 heterocycles. The molecule has 1 aliphatic rings. The van der Waals surface area contributed by atoms with E-state index in [0.717, 1.165) is 6.07 Å². The van der Waals surface area contributed by atoms with Gasteiger partial charge in [0.2, 0.25) is 17.7 Å². The number of imidazole rings is 1. The zero-order valence-electron chi connectivity index (χ0n) is 21.8. The minimum atomic E-state index is -5.25. The van der Waals surface area contributed by atoms with Crippen LogP contribution < -0.4 is 13.9 Å². The number of carbonyl (C=O) groups is 1. The third-order valence-corrected chi connectivity index (χ3v) is 7.43. The van der Waals surface area contributed by atoms with E-state index < -0.39 is 34.8 Å². The predicted molar refractivity (Wildman–Crippen MR) is 127 cm³/mol. The molecule has 38 heavy (non-hydrogen) atoms. The van der Waals surface area contributed by atoms with E-state index in [-0.39, 0.29) is 35.4 Å². The predicted octanol–water partition coefficient (Wildman–Crippen LogP) is 5.14. The molecule has 1 aliphatic heterocycles. The Morgan fingerprint density at radius 3 is 2.37 bits per heavy atom. The molecule has 0 saturated heterocycles. The SMILES string of the molecule is CCC1(CC)C(=COC(=O)c2c(C)n(C)c[n+]2C)[n+]2ccc(OC)cc2-c2c1cc(F)c(C(F)(F)F)c2F. The van der Waals surface area contributed by atoms with Gasteiger partial charge in [0.25, 0.3) is 5.69 Å². The van der Waals surface area contributed by atoms with Crippen LogP contribution in [0.1, 0.15) is 54.0 Å². The number of fused-ring (bicyclic) bond motifs is 3. The number of rotatable bonds is 5. The molecular formula is C27H28F5N3O3+2. The molecule has 2 aromatic heterocycles. The van der Waals surface area contributed by atoms with Crippen molar-refractivity contribution in [1.29, 1.82) is 0 Å². The number of alkyl halides is 3. The van der Waals surface area contributed by atoms with Crippen molar-refractivity contribution in [3.8, 4) is 17.0 Å². The zero-order valence-corrected chi connectivity index (χ0v) is 21.8. The average Bonchev–Trinajstić information content (AvgIpc) is 3.11. The van der Waals surface area contributed by atoms with Crippen LogP contribution in [0.25, 0.3) is 17.0 Å². The molecule has 202 valence electrons. The Morgan fingerprint density at radius 1 is 1.18 bits per heavy atom. The van der Waals surface area contributed by atoms with Gasteiger partial charge in [-0.25, -0.2) is 22.7 Å². The number of allylic oxidation sites excluding steroid dienone is 1. The molecule has 0 unspecified atom stereocenters. The fraction of sp³-hybridized carbons (Fsp3) is 0.370. The fourth-order valence-electron chi connectivity index (χ4n) is 5.33. The molecule has 0 fully saturated rings. The van der Waals surface area contributed by atoms with Crippen LogP contribution in [0, 0.1) is 18.6 Å². The average molecular weight is 538 g/mol. The fourth-order valence-corrected chi connectivity index (χ4v) is 5.33. The highest BCUT2D eigenvalue weighted by Gasteiger charge is 2.52. The smallest absolute Gasteiger partial charge is 0.422 e. The number of esters is 1. The molecule has 0 atom stereocenters. The van der Waals surface area contributed by atoms with Crippen molar-refractivity contribution >= 4 is 11.7 Å². The molecular weight excluding hydrogens is 509 g/mol. The Balaban J connectivity index is 2.02. The van der Waals surface area contributed by atoms with E-state index in [4.69, 9.17) is 9.47 Å². The lowest BCUT2D eigenvalue weighted by molar-refractivity contribution is -0.673. The van der Waals surface area contributed by atoms with Gasteiger partial charge in [0.1, 0.15) is 17.1 Å². The van der Waals surface area contributed by atoms with Crippen LogP contribution in [-0.2, 0) is 30.4 Å². The quantitative estimate of drug-likeness (QED) is 0.196. The molecule has 0 saturated carbocycles. The van der Waals surface area contributed by atoms with Gasteiger partial charge in [0.05, 0.1) is 38.2 Å². The molecule has 0 aliphatic carbocycles. The van der Waals surface area contributed by atoms with Crippen molar-refractivity contribution in [2.45, 2.75) is 45.2 Å². The molecule has 3 aromatic rings. The van der Waals surface area contributed by atoms with E-state index in [9.17, 15) is 22.4 Å². The molecule has 0 amide bonds. The first kappa shape index (κ1) is 27.3. The summed E-state index contributed by atoms with van der Waals surface area (Å²) in [6.07, 6.45) is -0.322. The molecule has 4 rings (SSSR count). The molecule has 11 heteroatoms. The topological polar surface area (TPSA) is 48.2 Å². The highest BCUT2D eigenvalue weighted by atomic mass is 19.4. The number of benzene rings is 1. The van der Waals surface area contributed by atoms with Gasteiger partial charge in [-0.3, -0.25) is 0 Å². The van der Waals surface area contributed by atoms with Gasteiger partial charge in [0.15, 0.2) is 24.0 Å². The van der Waals surface area contributed by atoms with E-state index in [0.29, 0.717) is 17.1 Å². The van der Waals surface area contributed by atoms with E-state index in [1.54, 1.807) is 56.4 Å². The van der Waals surface area contributed by atoms with Crippen LogP contribution in [0.15, 0.2) is 37.0 Å². The van der Waals surface area contributed by atoms with Crippen LogP contribution >= 0.6 is 0 Å². The summed E-state index contributed by atoms with van der Waals surface area (Å²) in [7, 11) is 4.83. The van der Waals surface area contributed by atoms with Crippen LogP contribution in [0.4, 0.5) is 22.0 Å².